The van der Waals surface area contributed by atoms with Crippen molar-refractivity contribution >= 4 is 60.7 Å². The number of fused-ring (bicyclic) bond motifs is 6. The number of para-hydroxylation sites is 5. The average Bonchev–Trinajstić information content (AvgIpc) is 3.62. The van der Waals surface area contributed by atoms with Gasteiger partial charge in [0.15, 0.2) is 0 Å². The largest absolute Gasteiger partial charge is 0.309 e. The smallest absolute Gasteiger partial charge is 0.123 e. The molecule has 2 aromatic heterocycles. The van der Waals surface area contributed by atoms with Crippen LogP contribution >= 0.6 is 0 Å². The molecule has 0 radical (unpaired) electrons. The lowest BCUT2D eigenvalue weighted by Gasteiger charge is -2.27. The third-order valence-corrected chi connectivity index (χ3v) is 8.93. The van der Waals surface area contributed by atoms with Gasteiger partial charge in [0, 0.05) is 44.3 Å². The Kier molecular flexibility index (Phi) is 6.00. The van der Waals surface area contributed by atoms with Gasteiger partial charge in [0.25, 0.3) is 0 Å². The van der Waals surface area contributed by atoms with E-state index in [-0.39, 0.29) is 5.82 Å². The van der Waals surface area contributed by atoms with Crippen molar-refractivity contribution in [2.75, 3.05) is 4.90 Å². The summed E-state index contributed by atoms with van der Waals surface area (Å²) in [4.78, 5) is 2.32. The zero-order valence-electron chi connectivity index (χ0n) is 24.9. The summed E-state index contributed by atoms with van der Waals surface area (Å²) in [6, 6.07) is 58.1. The highest BCUT2D eigenvalue weighted by Crippen LogP contribution is 2.44. The van der Waals surface area contributed by atoms with E-state index >= 15 is 0 Å². The van der Waals surface area contributed by atoms with Gasteiger partial charge >= 0.3 is 0 Å². The van der Waals surface area contributed by atoms with Crippen molar-refractivity contribution in [1.82, 2.24) is 9.13 Å². The highest BCUT2D eigenvalue weighted by atomic mass is 19.1. The summed E-state index contributed by atoms with van der Waals surface area (Å²) in [6.07, 6.45) is 0. The second kappa shape index (κ2) is 10.5. The van der Waals surface area contributed by atoms with Gasteiger partial charge in [-0.2, -0.15) is 0 Å². The summed E-state index contributed by atoms with van der Waals surface area (Å²) < 4.78 is 19.4. The molecule has 0 spiro atoms. The molecule has 218 valence electrons. The Morgan fingerprint density at radius 1 is 0.391 bits per heavy atom. The van der Waals surface area contributed by atoms with Gasteiger partial charge in [-0.1, -0.05) is 84.9 Å². The quantitative estimate of drug-likeness (QED) is 0.193. The molecule has 0 N–H and O–H groups in total. The van der Waals surface area contributed by atoms with Crippen molar-refractivity contribution in [2.24, 2.45) is 0 Å². The van der Waals surface area contributed by atoms with E-state index in [1.54, 1.807) is 12.1 Å². The van der Waals surface area contributed by atoms with E-state index in [2.05, 4.69) is 141 Å². The van der Waals surface area contributed by atoms with Crippen LogP contribution in [0, 0.1) is 5.82 Å². The van der Waals surface area contributed by atoms with Gasteiger partial charge in [-0.05, 0) is 84.9 Å². The Labute approximate surface area is 265 Å². The lowest BCUT2D eigenvalue weighted by molar-refractivity contribution is 0.629. The van der Waals surface area contributed by atoms with Crippen LogP contribution in [0.3, 0.4) is 0 Å². The van der Waals surface area contributed by atoms with E-state index in [1.165, 1.54) is 10.8 Å². The molecule has 0 aliphatic heterocycles. The average molecular weight is 594 g/mol. The maximum Gasteiger partial charge on any atom is 0.123 e. The minimum atomic E-state index is -0.248. The molecule has 0 aliphatic carbocycles. The summed E-state index contributed by atoms with van der Waals surface area (Å²) in [5.74, 6) is -0.248. The van der Waals surface area contributed by atoms with E-state index in [0.29, 0.717) is 0 Å². The van der Waals surface area contributed by atoms with Gasteiger partial charge in [-0.15, -0.1) is 0 Å². The van der Waals surface area contributed by atoms with Gasteiger partial charge in [-0.3, -0.25) is 0 Å². The highest BCUT2D eigenvalue weighted by molar-refractivity contribution is 6.15. The van der Waals surface area contributed by atoms with Crippen LogP contribution in [0.1, 0.15) is 0 Å². The van der Waals surface area contributed by atoms with E-state index in [1.807, 2.05) is 30.3 Å². The number of halogens is 1. The highest BCUT2D eigenvalue weighted by Gasteiger charge is 2.22. The molecule has 0 atom stereocenters. The third kappa shape index (κ3) is 4.04. The second-order valence-electron chi connectivity index (χ2n) is 11.6. The number of hydrogen-bond donors (Lipinski definition) is 0. The predicted octanol–water partition coefficient (Wildman–Crippen LogP) is 11.5. The molecule has 46 heavy (non-hydrogen) atoms. The topological polar surface area (TPSA) is 13.1 Å². The standard InChI is InChI=1S/C42H28FN3/c43-29-23-25-39-36(27-29)37-28-33(24-26-40(37)45(39)31-15-6-2-7-16-31)44(30-13-4-1-5-14-30)41-22-12-20-35-34-19-10-11-21-38(34)46(42(35)41)32-17-8-3-9-18-32/h1-28H. The molecule has 9 rings (SSSR count). The zero-order chi connectivity index (χ0) is 30.6. The summed E-state index contributed by atoms with van der Waals surface area (Å²) in [7, 11) is 0. The molecule has 0 bridgehead atoms. The van der Waals surface area contributed by atoms with Crippen LogP contribution in [0.15, 0.2) is 170 Å². The zero-order valence-corrected chi connectivity index (χ0v) is 24.9. The lowest BCUT2D eigenvalue weighted by Crippen LogP contribution is -2.11. The van der Waals surface area contributed by atoms with Crippen LogP contribution in [0.5, 0.6) is 0 Å². The SMILES string of the molecule is Fc1ccc2c(c1)c1cc(N(c3ccccc3)c3cccc4c5ccccc5n(-c5ccccc5)c34)ccc1n2-c1ccccc1. The predicted molar refractivity (Wildman–Crippen MR) is 190 cm³/mol. The molecule has 0 aliphatic rings. The summed E-state index contributed by atoms with van der Waals surface area (Å²) in [6.45, 7) is 0. The lowest BCUT2D eigenvalue weighted by atomic mass is 10.1. The van der Waals surface area contributed by atoms with Crippen LogP contribution in [-0.2, 0) is 0 Å². The first-order valence-corrected chi connectivity index (χ1v) is 15.5. The third-order valence-electron chi connectivity index (χ3n) is 8.93. The van der Waals surface area contributed by atoms with Gasteiger partial charge in [-0.25, -0.2) is 4.39 Å². The molecule has 0 unspecified atom stereocenters. The van der Waals surface area contributed by atoms with E-state index in [0.717, 1.165) is 61.3 Å². The van der Waals surface area contributed by atoms with Crippen molar-refractivity contribution in [3.8, 4) is 11.4 Å². The van der Waals surface area contributed by atoms with Crippen LogP contribution < -0.4 is 4.90 Å². The van der Waals surface area contributed by atoms with Gasteiger partial charge in [0.1, 0.15) is 5.82 Å². The first-order valence-electron chi connectivity index (χ1n) is 15.5. The molecule has 7 aromatic carbocycles. The Balaban J connectivity index is 1.37. The maximum absolute atomic E-state index is 14.8. The fourth-order valence-electron chi connectivity index (χ4n) is 7.01. The summed E-state index contributed by atoms with van der Waals surface area (Å²) in [5, 5.41) is 4.26. The number of anilines is 3. The minimum Gasteiger partial charge on any atom is -0.309 e. The van der Waals surface area contributed by atoms with Crippen molar-refractivity contribution in [3.05, 3.63) is 176 Å². The molecule has 0 amide bonds. The molecule has 2 heterocycles. The van der Waals surface area contributed by atoms with Crippen LogP contribution in [0.2, 0.25) is 0 Å². The first kappa shape index (κ1) is 26.3. The Bertz CT molecular complexity index is 2530. The van der Waals surface area contributed by atoms with E-state index in [4.69, 9.17) is 0 Å². The summed E-state index contributed by atoms with van der Waals surface area (Å²) >= 11 is 0. The van der Waals surface area contributed by atoms with Gasteiger partial charge in [0.2, 0.25) is 0 Å². The maximum atomic E-state index is 14.8. The fraction of sp³-hybridized carbons (Fsp3) is 0. The number of hydrogen-bond acceptors (Lipinski definition) is 1. The van der Waals surface area contributed by atoms with Crippen molar-refractivity contribution < 1.29 is 4.39 Å². The molecular formula is C42H28FN3. The summed E-state index contributed by atoms with van der Waals surface area (Å²) in [5.41, 5.74) is 9.51. The van der Waals surface area contributed by atoms with Crippen LogP contribution in [0.4, 0.5) is 21.5 Å². The number of aromatic nitrogens is 2. The second-order valence-corrected chi connectivity index (χ2v) is 11.6. The number of nitrogens with zero attached hydrogens (tertiary/aromatic N) is 3. The van der Waals surface area contributed by atoms with E-state index < -0.39 is 0 Å². The molecule has 9 aromatic rings. The molecular weight excluding hydrogens is 565 g/mol. The van der Waals surface area contributed by atoms with Gasteiger partial charge < -0.3 is 14.0 Å². The monoisotopic (exact) mass is 593 g/mol. The minimum absolute atomic E-state index is 0.248. The molecule has 0 saturated carbocycles. The molecule has 0 fully saturated rings. The van der Waals surface area contributed by atoms with Crippen molar-refractivity contribution in [2.45, 2.75) is 0 Å². The Morgan fingerprint density at radius 3 is 1.70 bits per heavy atom. The fourth-order valence-corrected chi connectivity index (χ4v) is 7.01. The normalized spacial score (nSPS) is 11.6. The Hall–Kier alpha value is -6.13. The van der Waals surface area contributed by atoms with Crippen LogP contribution in [-0.4, -0.2) is 9.13 Å². The van der Waals surface area contributed by atoms with E-state index in [9.17, 15) is 4.39 Å². The Morgan fingerprint density at radius 2 is 0.957 bits per heavy atom. The molecule has 3 nitrogen and oxygen atoms in total. The van der Waals surface area contributed by atoms with Gasteiger partial charge in [0.05, 0.1) is 27.8 Å². The molecule has 4 heteroatoms. The number of benzene rings is 7. The van der Waals surface area contributed by atoms with Crippen LogP contribution in [0.25, 0.3) is 55.0 Å². The van der Waals surface area contributed by atoms with Crippen molar-refractivity contribution in [3.63, 3.8) is 0 Å². The molecule has 0 saturated heterocycles. The van der Waals surface area contributed by atoms with Crippen molar-refractivity contribution in [1.29, 1.82) is 0 Å². The number of rotatable bonds is 5. The first-order chi connectivity index (χ1) is 22.8.